The first kappa shape index (κ1) is 13.2. The first-order valence-corrected chi connectivity index (χ1v) is 5.49. The normalized spacial score (nSPS) is 10.8. The summed E-state index contributed by atoms with van der Waals surface area (Å²) in [4.78, 5) is 10.0. The molecule has 0 bridgehead atoms. The summed E-state index contributed by atoms with van der Waals surface area (Å²) in [5.41, 5.74) is 0. The number of methoxy groups -OCH3 is 1. The van der Waals surface area contributed by atoms with Gasteiger partial charge in [-0.15, -0.1) is 0 Å². The van der Waals surface area contributed by atoms with Crippen LogP contribution in [0.15, 0.2) is 12.4 Å². The molecular weight excluding hydrogens is 228 g/mol. The Hall–Kier alpha value is -0.910. The molecule has 0 aliphatic heterocycles. The van der Waals surface area contributed by atoms with Crippen LogP contribution in [0, 0.1) is 0 Å². The Morgan fingerprint density at radius 2 is 2.25 bits per heavy atom. The minimum Gasteiger partial charge on any atom is -0.383 e. The summed E-state index contributed by atoms with van der Waals surface area (Å²) >= 11 is 5.74. The van der Waals surface area contributed by atoms with Crippen LogP contribution in [-0.2, 0) is 4.74 Å². The number of hydrogen-bond acceptors (Lipinski definition) is 5. The number of halogens is 1. The Morgan fingerprint density at radius 3 is 2.94 bits per heavy atom. The van der Waals surface area contributed by atoms with Crippen LogP contribution in [0.3, 0.4) is 0 Å². The predicted molar refractivity (Wildman–Crippen MR) is 64.9 cm³/mol. The molecule has 0 fully saturated rings. The third-order valence-corrected chi connectivity index (χ3v) is 2.32. The highest BCUT2D eigenvalue weighted by atomic mass is 35.5. The second-order valence-corrected chi connectivity index (χ2v) is 3.84. The van der Waals surface area contributed by atoms with Gasteiger partial charge in [0.05, 0.1) is 6.61 Å². The van der Waals surface area contributed by atoms with Crippen molar-refractivity contribution in [3.63, 3.8) is 0 Å². The number of ether oxygens (including phenoxy) is 1. The highest BCUT2D eigenvalue weighted by molar-refractivity contribution is 6.29. The number of anilines is 1. The van der Waals surface area contributed by atoms with Crippen LogP contribution in [0.2, 0.25) is 5.15 Å². The summed E-state index contributed by atoms with van der Waals surface area (Å²) in [7, 11) is 3.75. The van der Waals surface area contributed by atoms with Crippen molar-refractivity contribution in [1.29, 1.82) is 0 Å². The lowest BCUT2D eigenvalue weighted by atomic mass is 10.5. The van der Waals surface area contributed by atoms with Gasteiger partial charge in [0.15, 0.2) is 0 Å². The second kappa shape index (κ2) is 7.38. The Morgan fingerprint density at radius 1 is 1.44 bits per heavy atom. The van der Waals surface area contributed by atoms with Gasteiger partial charge < -0.3 is 15.0 Å². The van der Waals surface area contributed by atoms with Gasteiger partial charge >= 0.3 is 0 Å². The van der Waals surface area contributed by atoms with Crippen LogP contribution in [-0.4, -0.2) is 55.3 Å². The van der Waals surface area contributed by atoms with Crippen LogP contribution in [0.1, 0.15) is 0 Å². The van der Waals surface area contributed by atoms with E-state index in [2.05, 4.69) is 20.2 Å². The summed E-state index contributed by atoms with van der Waals surface area (Å²) in [5, 5.41) is 3.62. The van der Waals surface area contributed by atoms with E-state index in [0.717, 1.165) is 32.1 Å². The van der Waals surface area contributed by atoms with Gasteiger partial charge in [-0.3, -0.25) is 0 Å². The van der Waals surface area contributed by atoms with Crippen molar-refractivity contribution in [1.82, 2.24) is 14.9 Å². The number of nitrogens with one attached hydrogen (secondary N) is 1. The molecule has 0 unspecified atom stereocenters. The van der Waals surface area contributed by atoms with Crippen LogP contribution >= 0.6 is 11.6 Å². The van der Waals surface area contributed by atoms with Crippen LogP contribution < -0.4 is 5.32 Å². The van der Waals surface area contributed by atoms with E-state index in [-0.39, 0.29) is 0 Å². The molecule has 0 atom stereocenters. The third kappa shape index (κ3) is 5.25. The molecule has 16 heavy (non-hydrogen) atoms. The number of aromatic nitrogens is 2. The molecule has 6 heteroatoms. The topological polar surface area (TPSA) is 50.3 Å². The maximum absolute atomic E-state index is 5.74. The molecule has 0 spiro atoms. The fraction of sp³-hybridized carbons (Fsp3) is 0.600. The molecule has 5 nitrogen and oxygen atoms in total. The van der Waals surface area contributed by atoms with Crippen molar-refractivity contribution >= 4 is 17.4 Å². The van der Waals surface area contributed by atoms with Gasteiger partial charge in [-0.2, -0.15) is 0 Å². The van der Waals surface area contributed by atoms with E-state index in [1.54, 1.807) is 13.2 Å². The third-order valence-electron chi connectivity index (χ3n) is 2.11. The molecule has 0 radical (unpaired) electrons. The zero-order valence-electron chi connectivity index (χ0n) is 9.61. The van der Waals surface area contributed by atoms with Gasteiger partial charge in [0.25, 0.3) is 0 Å². The number of hydrogen-bond donors (Lipinski definition) is 1. The van der Waals surface area contributed by atoms with Crippen LogP contribution in [0.5, 0.6) is 0 Å². The quantitative estimate of drug-likeness (QED) is 0.729. The maximum atomic E-state index is 5.74. The van der Waals surface area contributed by atoms with Crippen molar-refractivity contribution in [2.24, 2.45) is 0 Å². The summed E-state index contributed by atoms with van der Waals surface area (Å²) in [6.45, 7) is 3.40. The highest BCUT2D eigenvalue weighted by Crippen LogP contribution is 2.07. The summed E-state index contributed by atoms with van der Waals surface area (Å²) in [6.07, 6.45) is 1.44. The molecule has 0 aromatic carbocycles. The molecule has 0 amide bonds. The molecule has 1 aromatic rings. The average molecular weight is 245 g/mol. The molecule has 0 saturated heterocycles. The van der Waals surface area contributed by atoms with Gasteiger partial charge in [-0.1, -0.05) is 11.6 Å². The molecular formula is C10H17ClN4O. The standard InChI is InChI=1S/C10H17ClN4O/c1-15(5-6-16-2)4-3-12-10-7-9(11)13-8-14-10/h7-8H,3-6H2,1-2H3,(H,12,13,14). The smallest absolute Gasteiger partial charge is 0.134 e. The van der Waals surface area contributed by atoms with E-state index in [1.807, 2.05) is 7.05 Å². The fourth-order valence-corrected chi connectivity index (χ4v) is 1.31. The first-order chi connectivity index (χ1) is 7.72. The molecule has 1 aromatic heterocycles. The molecule has 0 aliphatic rings. The SMILES string of the molecule is COCCN(C)CCNc1cc(Cl)ncn1. The van der Waals surface area contributed by atoms with Crippen molar-refractivity contribution in [2.75, 3.05) is 45.7 Å². The lowest BCUT2D eigenvalue weighted by molar-refractivity contribution is 0.163. The van der Waals surface area contributed by atoms with Crippen molar-refractivity contribution in [3.8, 4) is 0 Å². The second-order valence-electron chi connectivity index (χ2n) is 3.45. The Bertz CT molecular complexity index is 311. The number of rotatable bonds is 7. The fourth-order valence-electron chi connectivity index (χ4n) is 1.16. The molecule has 0 saturated carbocycles. The summed E-state index contributed by atoms with van der Waals surface area (Å²) < 4.78 is 4.99. The van der Waals surface area contributed by atoms with E-state index in [0.29, 0.717) is 5.15 Å². The minimum atomic E-state index is 0.449. The first-order valence-electron chi connectivity index (χ1n) is 5.11. The largest absolute Gasteiger partial charge is 0.383 e. The lowest BCUT2D eigenvalue weighted by Crippen LogP contribution is -2.28. The molecule has 90 valence electrons. The van der Waals surface area contributed by atoms with Gasteiger partial charge in [-0.05, 0) is 7.05 Å². The van der Waals surface area contributed by atoms with Gasteiger partial charge in [-0.25, -0.2) is 9.97 Å². The minimum absolute atomic E-state index is 0.449. The lowest BCUT2D eigenvalue weighted by Gasteiger charge is -2.16. The predicted octanol–water partition coefficient (Wildman–Crippen LogP) is 1.12. The summed E-state index contributed by atoms with van der Waals surface area (Å²) in [5.74, 6) is 0.750. The summed E-state index contributed by atoms with van der Waals surface area (Å²) in [6, 6.07) is 1.71. The molecule has 1 heterocycles. The van der Waals surface area contributed by atoms with E-state index in [4.69, 9.17) is 16.3 Å². The van der Waals surface area contributed by atoms with Crippen LogP contribution in [0.25, 0.3) is 0 Å². The van der Waals surface area contributed by atoms with Gasteiger partial charge in [0, 0.05) is 32.8 Å². The number of nitrogens with zero attached hydrogens (tertiary/aromatic N) is 3. The molecule has 0 aliphatic carbocycles. The van der Waals surface area contributed by atoms with E-state index >= 15 is 0 Å². The monoisotopic (exact) mass is 244 g/mol. The Labute approximate surface area is 101 Å². The maximum Gasteiger partial charge on any atom is 0.134 e. The van der Waals surface area contributed by atoms with Crippen molar-refractivity contribution < 1.29 is 4.74 Å². The van der Waals surface area contributed by atoms with E-state index < -0.39 is 0 Å². The van der Waals surface area contributed by atoms with E-state index in [9.17, 15) is 0 Å². The zero-order chi connectivity index (χ0) is 11.8. The van der Waals surface area contributed by atoms with Gasteiger partial charge in [0.1, 0.15) is 17.3 Å². The zero-order valence-corrected chi connectivity index (χ0v) is 10.4. The molecule has 1 rings (SSSR count). The Kier molecular flexibility index (Phi) is 6.07. The van der Waals surface area contributed by atoms with Crippen LogP contribution in [0.4, 0.5) is 5.82 Å². The van der Waals surface area contributed by atoms with E-state index in [1.165, 1.54) is 6.33 Å². The highest BCUT2D eigenvalue weighted by Gasteiger charge is 1.99. The number of likely N-dealkylation sites (N-methyl/N-ethyl adjacent to an activating group) is 1. The molecule has 1 N–H and O–H groups in total. The van der Waals surface area contributed by atoms with Crippen molar-refractivity contribution in [2.45, 2.75) is 0 Å². The average Bonchev–Trinajstić information content (AvgIpc) is 2.26. The van der Waals surface area contributed by atoms with Gasteiger partial charge in [0.2, 0.25) is 0 Å². The van der Waals surface area contributed by atoms with Crippen molar-refractivity contribution in [3.05, 3.63) is 17.5 Å². The Balaban J connectivity index is 2.20.